The molecule has 0 heterocycles. The van der Waals surface area contributed by atoms with Gasteiger partial charge < -0.3 is 10.1 Å². The van der Waals surface area contributed by atoms with Gasteiger partial charge in [-0.25, -0.2) is 8.42 Å². The monoisotopic (exact) mass is 388 g/mol. The summed E-state index contributed by atoms with van der Waals surface area (Å²) in [6.45, 7) is -0.260. The number of methoxy groups -OCH3 is 1. The Hall–Kier alpha value is -2.54. The molecule has 3 rings (SSSR count). The minimum atomic E-state index is -3.60. The van der Waals surface area contributed by atoms with Gasteiger partial charge in [0.1, 0.15) is 12.3 Å². The van der Waals surface area contributed by atoms with Crippen molar-refractivity contribution in [3.05, 3.63) is 59.7 Å². The summed E-state index contributed by atoms with van der Waals surface area (Å²) in [6, 6.07) is 14.6. The normalized spacial score (nSPS) is 16.3. The molecule has 0 aliphatic heterocycles. The van der Waals surface area contributed by atoms with Gasteiger partial charge in [-0.15, -0.1) is 0 Å². The van der Waals surface area contributed by atoms with Crippen LogP contribution in [0.15, 0.2) is 48.5 Å². The van der Waals surface area contributed by atoms with Crippen LogP contribution in [0.3, 0.4) is 0 Å². The molecule has 7 heteroatoms. The van der Waals surface area contributed by atoms with Crippen LogP contribution in [0.25, 0.3) is 0 Å². The zero-order valence-electron chi connectivity index (χ0n) is 15.5. The number of fused-ring (bicyclic) bond motifs is 1. The van der Waals surface area contributed by atoms with E-state index in [-0.39, 0.29) is 18.5 Å². The molecule has 0 saturated carbocycles. The molecule has 0 spiro atoms. The molecule has 27 heavy (non-hydrogen) atoms. The van der Waals surface area contributed by atoms with E-state index in [2.05, 4.69) is 11.4 Å². The molecule has 1 atom stereocenters. The predicted molar refractivity (Wildman–Crippen MR) is 105 cm³/mol. The number of hydrogen-bond acceptors (Lipinski definition) is 4. The molecule has 0 bridgehead atoms. The number of nitrogens with zero attached hydrogens (tertiary/aromatic N) is 1. The second kappa shape index (κ2) is 8.00. The maximum atomic E-state index is 12.6. The van der Waals surface area contributed by atoms with Gasteiger partial charge in [-0.3, -0.25) is 9.10 Å². The SMILES string of the molecule is COc1ccc(N(CC(=O)N[C@@H]2CCCc3ccccc32)S(C)(=O)=O)cc1. The van der Waals surface area contributed by atoms with E-state index in [1.807, 2.05) is 18.2 Å². The molecule has 2 aromatic rings. The first-order valence-corrected chi connectivity index (χ1v) is 10.7. The van der Waals surface area contributed by atoms with Gasteiger partial charge in [-0.2, -0.15) is 0 Å². The van der Waals surface area contributed by atoms with Crippen LogP contribution in [0.4, 0.5) is 5.69 Å². The quantitative estimate of drug-likeness (QED) is 0.825. The standard InChI is InChI=1S/C20H24N2O4S/c1-26-17-12-10-16(11-13-17)22(27(2,24)25)14-20(23)21-19-9-5-7-15-6-3-4-8-18(15)19/h3-4,6,8,10-13,19H,5,7,9,14H2,1-2H3,(H,21,23)/t19-/m1/s1. The van der Waals surface area contributed by atoms with Crippen LogP contribution < -0.4 is 14.4 Å². The average molecular weight is 388 g/mol. The van der Waals surface area contributed by atoms with E-state index in [4.69, 9.17) is 4.74 Å². The largest absolute Gasteiger partial charge is 0.497 e. The van der Waals surface area contributed by atoms with E-state index in [1.165, 1.54) is 5.56 Å². The minimum absolute atomic E-state index is 0.0836. The Morgan fingerprint density at radius 3 is 2.56 bits per heavy atom. The van der Waals surface area contributed by atoms with Crippen LogP contribution in [-0.4, -0.2) is 34.2 Å². The molecule has 1 aliphatic carbocycles. The molecular formula is C20H24N2O4S. The van der Waals surface area contributed by atoms with Crippen LogP contribution in [-0.2, 0) is 21.2 Å². The third kappa shape index (κ3) is 4.60. The topological polar surface area (TPSA) is 75.7 Å². The second-order valence-corrected chi connectivity index (χ2v) is 8.59. The molecule has 0 saturated heterocycles. The highest BCUT2D eigenvalue weighted by molar-refractivity contribution is 7.92. The van der Waals surface area contributed by atoms with Crippen molar-refractivity contribution < 1.29 is 17.9 Å². The lowest BCUT2D eigenvalue weighted by molar-refractivity contribution is -0.120. The van der Waals surface area contributed by atoms with Gasteiger partial charge in [-0.1, -0.05) is 24.3 Å². The molecule has 6 nitrogen and oxygen atoms in total. The zero-order valence-corrected chi connectivity index (χ0v) is 16.3. The number of rotatable bonds is 6. The highest BCUT2D eigenvalue weighted by atomic mass is 32.2. The van der Waals surface area contributed by atoms with Gasteiger partial charge >= 0.3 is 0 Å². The van der Waals surface area contributed by atoms with Gasteiger partial charge in [-0.05, 0) is 54.7 Å². The first-order valence-electron chi connectivity index (χ1n) is 8.87. The van der Waals surface area contributed by atoms with E-state index in [0.29, 0.717) is 11.4 Å². The molecular weight excluding hydrogens is 364 g/mol. The summed E-state index contributed by atoms with van der Waals surface area (Å²) in [5.41, 5.74) is 2.79. The molecule has 1 N–H and O–H groups in total. The number of carbonyl (C=O) groups is 1. The van der Waals surface area contributed by atoms with Crippen molar-refractivity contribution in [3.63, 3.8) is 0 Å². The Balaban J connectivity index is 1.76. The Kier molecular flexibility index (Phi) is 5.70. The fourth-order valence-electron chi connectivity index (χ4n) is 3.42. The summed E-state index contributed by atoms with van der Waals surface area (Å²) < 4.78 is 30.7. The summed E-state index contributed by atoms with van der Waals surface area (Å²) in [4.78, 5) is 12.6. The first-order chi connectivity index (χ1) is 12.9. The van der Waals surface area contributed by atoms with E-state index in [0.717, 1.165) is 35.4 Å². The fraction of sp³-hybridized carbons (Fsp3) is 0.350. The smallest absolute Gasteiger partial charge is 0.241 e. The van der Waals surface area contributed by atoms with Crippen molar-refractivity contribution in [3.8, 4) is 5.75 Å². The second-order valence-electron chi connectivity index (χ2n) is 6.68. The lowest BCUT2D eigenvalue weighted by atomic mass is 9.88. The molecule has 2 aromatic carbocycles. The Bertz CT molecular complexity index is 910. The van der Waals surface area contributed by atoms with Crippen molar-refractivity contribution in [2.24, 2.45) is 0 Å². The number of amides is 1. The summed E-state index contributed by atoms with van der Waals surface area (Å²) in [5.74, 6) is 0.299. The lowest BCUT2D eigenvalue weighted by Gasteiger charge is -2.28. The number of benzene rings is 2. The van der Waals surface area contributed by atoms with Crippen molar-refractivity contribution in [2.75, 3.05) is 24.2 Å². The van der Waals surface area contributed by atoms with Crippen LogP contribution in [0, 0.1) is 0 Å². The first kappa shape index (κ1) is 19.2. The van der Waals surface area contributed by atoms with Crippen LogP contribution >= 0.6 is 0 Å². The molecule has 0 aromatic heterocycles. The van der Waals surface area contributed by atoms with Gasteiger partial charge in [0, 0.05) is 0 Å². The highest BCUT2D eigenvalue weighted by Crippen LogP contribution is 2.29. The molecule has 1 amide bonds. The number of nitrogens with one attached hydrogen (secondary N) is 1. The molecule has 0 radical (unpaired) electrons. The van der Waals surface area contributed by atoms with Crippen molar-refractivity contribution in [1.82, 2.24) is 5.32 Å². The lowest BCUT2D eigenvalue weighted by Crippen LogP contribution is -2.42. The summed E-state index contributed by atoms with van der Waals surface area (Å²) in [5, 5.41) is 3.00. The van der Waals surface area contributed by atoms with Crippen LogP contribution in [0.2, 0.25) is 0 Å². The van der Waals surface area contributed by atoms with Crippen molar-refractivity contribution in [1.29, 1.82) is 0 Å². The number of sulfonamides is 1. The maximum Gasteiger partial charge on any atom is 0.241 e. The van der Waals surface area contributed by atoms with E-state index >= 15 is 0 Å². The third-order valence-corrected chi connectivity index (χ3v) is 5.89. The van der Waals surface area contributed by atoms with Crippen molar-refractivity contribution in [2.45, 2.75) is 25.3 Å². The highest BCUT2D eigenvalue weighted by Gasteiger charge is 2.25. The zero-order chi connectivity index (χ0) is 19.4. The molecule has 1 aliphatic rings. The summed E-state index contributed by atoms with van der Waals surface area (Å²) >= 11 is 0. The summed E-state index contributed by atoms with van der Waals surface area (Å²) in [6.07, 6.45) is 3.95. The number of carbonyl (C=O) groups excluding carboxylic acids is 1. The average Bonchev–Trinajstić information content (AvgIpc) is 2.66. The van der Waals surface area contributed by atoms with Crippen molar-refractivity contribution >= 4 is 21.6 Å². The fourth-order valence-corrected chi connectivity index (χ4v) is 4.28. The van der Waals surface area contributed by atoms with Gasteiger partial charge in [0.2, 0.25) is 15.9 Å². The molecule has 144 valence electrons. The maximum absolute atomic E-state index is 12.6. The van der Waals surface area contributed by atoms with Gasteiger partial charge in [0.05, 0.1) is 25.1 Å². The third-order valence-electron chi connectivity index (χ3n) is 4.75. The van der Waals surface area contributed by atoms with E-state index < -0.39 is 10.0 Å². The van der Waals surface area contributed by atoms with Gasteiger partial charge in [0.25, 0.3) is 0 Å². The number of ether oxygens (including phenoxy) is 1. The number of aryl methyl sites for hydroxylation is 1. The van der Waals surface area contributed by atoms with E-state index in [1.54, 1.807) is 31.4 Å². The Morgan fingerprint density at radius 1 is 1.19 bits per heavy atom. The minimum Gasteiger partial charge on any atom is -0.497 e. The predicted octanol–water partition coefficient (Wildman–Crippen LogP) is 2.66. The summed E-state index contributed by atoms with van der Waals surface area (Å²) in [7, 11) is -2.06. The van der Waals surface area contributed by atoms with E-state index in [9.17, 15) is 13.2 Å². The van der Waals surface area contributed by atoms with Crippen LogP contribution in [0.5, 0.6) is 5.75 Å². The molecule has 0 fully saturated rings. The Labute approximate surface area is 160 Å². The Morgan fingerprint density at radius 2 is 1.89 bits per heavy atom. The van der Waals surface area contributed by atoms with Crippen LogP contribution in [0.1, 0.15) is 30.0 Å². The van der Waals surface area contributed by atoms with Gasteiger partial charge in [0.15, 0.2) is 0 Å². The molecule has 0 unspecified atom stereocenters. The number of anilines is 1. The number of hydrogen-bond donors (Lipinski definition) is 1.